The lowest BCUT2D eigenvalue weighted by atomic mass is 9.99. The van der Waals surface area contributed by atoms with Gasteiger partial charge < -0.3 is 54.3 Å². The predicted molar refractivity (Wildman–Crippen MR) is 145 cm³/mol. The lowest BCUT2D eigenvalue weighted by Crippen LogP contribution is -2.58. The second kappa shape index (κ2) is 13.3. The molecule has 2 fully saturated rings. The number of phenolic OH excluding ortho intramolecular Hbond substituents is 1. The van der Waals surface area contributed by atoms with Gasteiger partial charge in [0, 0.05) is 0 Å². The maximum atomic E-state index is 12.7. The van der Waals surface area contributed by atoms with Crippen LogP contribution < -0.4 is 4.74 Å². The summed E-state index contributed by atoms with van der Waals surface area (Å²) in [5.41, 5.74) is 0.135. The molecule has 0 aliphatic carbocycles. The van der Waals surface area contributed by atoms with Gasteiger partial charge in [-0.15, -0.1) is 0 Å². The third-order valence-electron chi connectivity index (χ3n) is 8.00. The number of phenols is 1. The van der Waals surface area contributed by atoms with E-state index in [1.807, 2.05) is 36.4 Å². The summed E-state index contributed by atoms with van der Waals surface area (Å²) in [5, 5.41) is 60.9. The van der Waals surface area contributed by atoms with Crippen LogP contribution in [0.4, 0.5) is 0 Å². The zero-order chi connectivity index (χ0) is 29.9. The predicted octanol–water partition coefficient (Wildman–Crippen LogP) is 0.702. The summed E-state index contributed by atoms with van der Waals surface area (Å²) in [6, 6.07) is 12.8. The highest BCUT2D eigenvalue weighted by atomic mass is 16.7. The number of hydrogen-bond donors (Lipinski definition) is 6. The van der Waals surface area contributed by atoms with Crippen molar-refractivity contribution in [3.63, 3.8) is 0 Å². The molecule has 12 nitrogen and oxygen atoms in total. The van der Waals surface area contributed by atoms with E-state index in [1.54, 1.807) is 6.07 Å². The molecule has 8 atom stereocenters. The van der Waals surface area contributed by atoms with Crippen LogP contribution >= 0.6 is 0 Å². The van der Waals surface area contributed by atoms with Gasteiger partial charge in [-0.25, -0.2) is 0 Å². The SMILES string of the molecule is O=C1[C@@H](O)[C@H](O[C@H]2CCCCc3ccc(O)c(c3)Oc3ccc(cc3)CC2)O[C@H](CO[C@@H]2OC[C@](O)(CO)[C@H]2O)[C@H]1O. The normalized spacial score (nSPS) is 34.0. The number of rotatable bonds is 6. The van der Waals surface area contributed by atoms with Gasteiger partial charge in [-0.3, -0.25) is 4.79 Å². The van der Waals surface area contributed by atoms with Crippen LogP contribution in [0.2, 0.25) is 0 Å². The van der Waals surface area contributed by atoms with Crippen LogP contribution in [0.15, 0.2) is 42.5 Å². The first-order valence-electron chi connectivity index (χ1n) is 14.2. The van der Waals surface area contributed by atoms with Crippen LogP contribution in [-0.2, 0) is 36.6 Å². The minimum atomic E-state index is -1.89. The molecule has 4 bridgehead atoms. The van der Waals surface area contributed by atoms with Crippen molar-refractivity contribution in [2.45, 2.75) is 87.2 Å². The van der Waals surface area contributed by atoms with Gasteiger partial charge in [-0.2, -0.15) is 0 Å². The molecule has 6 N–H and O–H groups in total. The zero-order valence-corrected chi connectivity index (χ0v) is 23.1. The monoisotopic (exact) mass is 590 g/mol. The fourth-order valence-corrected chi connectivity index (χ4v) is 5.32. The summed E-state index contributed by atoms with van der Waals surface area (Å²) in [5.74, 6) is 0.168. The molecule has 2 aromatic rings. The third-order valence-corrected chi connectivity index (χ3v) is 8.00. The van der Waals surface area contributed by atoms with Gasteiger partial charge in [0.2, 0.25) is 0 Å². The Balaban J connectivity index is 1.24. The minimum Gasteiger partial charge on any atom is -0.504 e. The van der Waals surface area contributed by atoms with Crippen molar-refractivity contribution in [2.75, 3.05) is 19.8 Å². The molecule has 0 unspecified atom stereocenters. The lowest BCUT2D eigenvalue weighted by Gasteiger charge is -2.37. The van der Waals surface area contributed by atoms with Crippen LogP contribution in [-0.4, -0.2) is 105 Å². The number of aliphatic hydroxyl groups excluding tert-OH is 4. The van der Waals surface area contributed by atoms with Gasteiger partial charge >= 0.3 is 0 Å². The van der Waals surface area contributed by atoms with Crippen molar-refractivity contribution >= 4 is 5.78 Å². The summed E-state index contributed by atoms with van der Waals surface area (Å²) in [7, 11) is 0. The molecule has 6 rings (SSSR count). The average Bonchev–Trinajstić information content (AvgIpc) is 3.28. The van der Waals surface area contributed by atoms with Crippen molar-refractivity contribution in [2.24, 2.45) is 0 Å². The van der Waals surface area contributed by atoms with Crippen LogP contribution in [0, 0.1) is 0 Å². The topological polar surface area (TPSA) is 185 Å². The standard InChI is InChI=1S/C30H38O12/c31-15-30(37)16-39-29(27(30)36)38-14-23-24(33)25(34)26(35)28(42-23)41-19-4-2-1-3-18-8-12-21(32)22(13-18)40-20-10-6-17(5-9-19)7-11-20/h6-8,10-13,19,23-24,26-29,31-33,35-37H,1-5,9,14-16H2/t19-,23+,24+,26+,27-,28+,29+,30+/m0/s1. The first-order chi connectivity index (χ1) is 20.2. The van der Waals surface area contributed by atoms with E-state index in [0.717, 1.165) is 30.4 Å². The summed E-state index contributed by atoms with van der Waals surface area (Å²) in [6.45, 7) is -1.51. The first kappa shape index (κ1) is 30.8. The molecule has 0 radical (unpaired) electrons. The summed E-state index contributed by atoms with van der Waals surface area (Å²) in [4.78, 5) is 12.7. The quantitative estimate of drug-likeness (QED) is 0.277. The number of Topliss-reactive ketones (excluding diaryl/α,β-unsaturated/α-hetero) is 1. The Morgan fingerprint density at radius 3 is 2.43 bits per heavy atom. The van der Waals surface area contributed by atoms with Crippen molar-refractivity contribution in [1.29, 1.82) is 0 Å². The summed E-state index contributed by atoms with van der Waals surface area (Å²) < 4.78 is 28.5. The molecule has 2 aromatic carbocycles. The van der Waals surface area contributed by atoms with E-state index in [9.17, 15) is 35.4 Å². The molecule has 0 saturated carbocycles. The third kappa shape index (κ3) is 6.94. The Labute approximate surface area is 243 Å². The van der Waals surface area contributed by atoms with Gasteiger partial charge in [0.15, 0.2) is 36.0 Å². The number of ether oxygens (including phenoxy) is 5. The van der Waals surface area contributed by atoms with E-state index < -0.39 is 61.6 Å². The molecule has 42 heavy (non-hydrogen) atoms. The van der Waals surface area contributed by atoms with Crippen LogP contribution in [0.5, 0.6) is 17.2 Å². The second-order valence-corrected chi connectivity index (χ2v) is 11.1. The van der Waals surface area contributed by atoms with Gasteiger partial charge in [-0.1, -0.05) is 24.6 Å². The number of aryl methyl sites for hydroxylation is 2. The smallest absolute Gasteiger partial charge is 0.197 e. The molecular formula is C30H38O12. The Bertz CT molecular complexity index is 1210. The highest BCUT2D eigenvalue weighted by molar-refractivity contribution is 5.88. The number of hydrogen-bond acceptors (Lipinski definition) is 12. The Kier molecular flexibility index (Phi) is 9.77. The number of carbonyl (C=O) groups excluding carboxylic acids is 1. The Morgan fingerprint density at radius 1 is 0.929 bits per heavy atom. The van der Waals surface area contributed by atoms with E-state index in [2.05, 4.69) is 0 Å². The fourth-order valence-electron chi connectivity index (χ4n) is 5.32. The number of fused-ring (bicyclic) bond motifs is 8. The molecule has 0 amide bonds. The molecule has 4 aliphatic heterocycles. The van der Waals surface area contributed by atoms with Crippen molar-refractivity contribution in [3.8, 4) is 17.2 Å². The molecule has 4 heterocycles. The zero-order valence-electron chi connectivity index (χ0n) is 23.1. The molecular weight excluding hydrogens is 552 g/mol. The van der Waals surface area contributed by atoms with Crippen LogP contribution in [0.25, 0.3) is 0 Å². The van der Waals surface area contributed by atoms with E-state index in [4.69, 9.17) is 23.7 Å². The second-order valence-electron chi connectivity index (χ2n) is 11.1. The van der Waals surface area contributed by atoms with E-state index >= 15 is 0 Å². The number of carbonyl (C=O) groups is 1. The molecule has 230 valence electrons. The molecule has 0 aromatic heterocycles. The number of aromatic hydroxyl groups is 1. The fraction of sp³-hybridized carbons (Fsp3) is 0.567. The van der Waals surface area contributed by atoms with Crippen molar-refractivity contribution < 1.29 is 59.1 Å². The summed E-state index contributed by atoms with van der Waals surface area (Å²) in [6.07, 6.45) is -5.11. The number of aliphatic hydroxyl groups is 5. The van der Waals surface area contributed by atoms with Crippen molar-refractivity contribution in [3.05, 3.63) is 53.6 Å². The average molecular weight is 591 g/mol. The molecule has 12 heteroatoms. The molecule has 0 spiro atoms. The highest BCUT2D eigenvalue weighted by Gasteiger charge is 2.50. The number of ketones is 1. The van der Waals surface area contributed by atoms with Gasteiger partial charge in [-0.05, 0) is 67.5 Å². The largest absolute Gasteiger partial charge is 0.504 e. The van der Waals surface area contributed by atoms with Gasteiger partial charge in [0.05, 0.1) is 25.9 Å². The highest BCUT2D eigenvalue weighted by Crippen LogP contribution is 2.33. The van der Waals surface area contributed by atoms with Crippen LogP contribution in [0.3, 0.4) is 0 Å². The molecule has 2 saturated heterocycles. The van der Waals surface area contributed by atoms with Crippen LogP contribution in [0.1, 0.15) is 36.8 Å². The first-order valence-corrected chi connectivity index (χ1v) is 14.2. The van der Waals surface area contributed by atoms with Gasteiger partial charge in [0.25, 0.3) is 0 Å². The maximum Gasteiger partial charge on any atom is 0.197 e. The van der Waals surface area contributed by atoms with E-state index in [0.29, 0.717) is 30.8 Å². The minimum absolute atomic E-state index is 0.0635. The van der Waals surface area contributed by atoms with Crippen molar-refractivity contribution in [1.82, 2.24) is 0 Å². The van der Waals surface area contributed by atoms with Gasteiger partial charge in [0.1, 0.15) is 29.7 Å². The summed E-state index contributed by atoms with van der Waals surface area (Å²) >= 11 is 0. The molecule has 4 aliphatic rings. The number of benzene rings is 2. The van der Waals surface area contributed by atoms with E-state index in [-0.39, 0.29) is 18.5 Å². The maximum absolute atomic E-state index is 12.7. The lowest BCUT2D eigenvalue weighted by molar-refractivity contribution is -0.279. The Morgan fingerprint density at radius 2 is 1.69 bits per heavy atom. The van der Waals surface area contributed by atoms with E-state index in [1.165, 1.54) is 0 Å². The Hall–Kier alpha value is -2.65.